The number of benzene rings is 2. The zero-order valence-electron chi connectivity index (χ0n) is 22.8. The summed E-state index contributed by atoms with van der Waals surface area (Å²) in [6.07, 6.45) is -3.60. The summed E-state index contributed by atoms with van der Waals surface area (Å²) in [6.45, 7) is 1.41. The van der Waals surface area contributed by atoms with Crippen molar-refractivity contribution in [1.82, 2.24) is 9.80 Å². The van der Waals surface area contributed by atoms with E-state index in [0.29, 0.717) is 23.4 Å². The second-order valence-electron chi connectivity index (χ2n) is 11.0. The van der Waals surface area contributed by atoms with E-state index in [1.54, 1.807) is 26.2 Å². The molecule has 4 rings (SSSR count). The first-order valence-electron chi connectivity index (χ1n) is 13.5. The van der Waals surface area contributed by atoms with Crippen LogP contribution < -0.4 is 4.90 Å². The van der Waals surface area contributed by atoms with E-state index in [4.69, 9.17) is 11.6 Å². The van der Waals surface area contributed by atoms with Crippen LogP contribution in [0.1, 0.15) is 41.6 Å². The summed E-state index contributed by atoms with van der Waals surface area (Å²) in [5.74, 6) is -7.07. The van der Waals surface area contributed by atoms with Crippen LogP contribution in [0.25, 0.3) is 0 Å². The molecule has 2 saturated heterocycles. The Morgan fingerprint density at radius 3 is 1.90 bits per heavy atom. The van der Waals surface area contributed by atoms with Crippen molar-refractivity contribution >= 4 is 29.1 Å². The lowest BCUT2D eigenvalue weighted by atomic mass is 9.78. The number of hydrogen-bond donors (Lipinski definition) is 1. The van der Waals surface area contributed by atoms with Crippen molar-refractivity contribution in [3.63, 3.8) is 0 Å². The monoisotopic (exact) mass is 601 g/mol. The van der Waals surface area contributed by atoms with E-state index >= 15 is 0 Å². The Morgan fingerprint density at radius 1 is 0.878 bits per heavy atom. The largest absolute Gasteiger partial charge is 0.457 e. The predicted molar refractivity (Wildman–Crippen MR) is 145 cm³/mol. The van der Waals surface area contributed by atoms with Gasteiger partial charge in [-0.2, -0.15) is 22.0 Å². The highest BCUT2D eigenvalue weighted by Gasteiger charge is 2.74. The third kappa shape index (κ3) is 5.88. The summed E-state index contributed by atoms with van der Waals surface area (Å²) >= 11 is 6.37. The highest BCUT2D eigenvalue weighted by Crippen LogP contribution is 2.49. The lowest BCUT2D eigenvalue weighted by molar-refractivity contribution is -0.339. The van der Waals surface area contributed by atoms with Crippen LogP contribution in [0.5, 0.6) is 0 Å². The first-order chi connectivity index (χ1) is 19.2. The normalized spacial score (nSPS) is 19.1. The van der Waals surface area contributed by atoms with Gasteiger partial charge in [0.2, 0.25) is 5.60 Å². The van der Waals surface area contributed by atoms with Crippen molar-refractivity contribution in [2.75, 3.05) is 45.2 Å². The molecule has 2 aromatic rings. The Labute approximate surface area is 240 Å². The number of halogens is 6. The number of hydrogen-bond acceptors (Lipinski definition) is 4. The summed E-state index contributed by atoms with van der Waals surface area (Å²) in [5.41, 5.74) is -3.56. The average molecular weight is 602 g/mol. The lowest BCUT2D eigenvalue weighted by Gasteiger charge is -2.43. The molecule has 6 nitrogen and oxygen atoms in total. The zero-order valence-corrected chi connectivity index (χ0v) is 23.6. The fraction of sp³-hybridized carbons (Fsp3) is 0.517. The van der Waals surface area contributed by atoms with Gasteiger partial charge in [-0.3, -0.25) is 9.59 Å². The van der Waals surface area contributed by atoms with Crippen molar-refractivity contribution in [3.05, 3.63) is 64.7 Å². The first-order valence-corrected chi connectivity index (χ1v) is 13.8. The van der Waals surface area contributed by atoms with Crippen LogP contribution in [0.15, 0.2) is 48.5 Å². The maximum Gasteiger partial charge on any atom is 0.457 e. The van der Waals surface area contributed by atoms with Crippen LogP contribution in [0, 0.1) is 11.8 Å². The number of piperidine rings is 2. The molecule has 0 radical (unpaired) electrons. The van der Waals surface area contributed by atoms with Crippen LogP contribution >= 0.6 is 11.6 Å². The second kappa shape index (κ2) is 11.8. The van der Waals surface area contributed by atoms with Gasteiger partial charge in [-0.05, 0) is 61.3 Å². The molecule has 0 aliphatic carbocycles. The van der Waals surface area contributed by atoms with Gasteiger partial charge in [0, 0.05) is 46.0 Å². The molecule has 224 valence electrons. The molecular formula is C29H33ClF5N3O3. The molecule has 2 aliphatic rings. The standard InChI is InChI=1S/C29H33ClF5N3O3/c1-36(2)25(39)23-9-8-22(18-24(23)30)37-14-10-19(11-15-37)20-12-16-38(17-13-20)26(40)27(41,21-6-4-3-5-7-21)28(31,32)29(33,34)35/h3-9,18-20,41H,10-17H2,1-2H3. The van der Waals surface area contributed by atoms with Gasteiger partial charge in [-0.1, -0.05) is 41.9 Å². The topological polar surface area (TPSA) is 64.1 Å². The Bertz CT molecular complexity index is 1240. The first kappa shape index (κ1) is 31.0. The summed E-state index contributed by atoms with van der Waals surface area (Å²) in [5, 5.41) is 11.2. The SMILES string of the molecule is CN(C)C(=O)c1ccc(N2CCC(C3CCN(C(=O)C(O)(c4ccccc4)C(F)(F)C(F)(F)F)CC3)CC2)cc1Cl. The predicted octanol–water partition coefficient (Wildman–Crippen LogP) is 5.58. The Morgan fingerprint density at radius 2 is 1.41 bits per heavy atom. The minimum atomic E-state index is -6.13. The van der Waals surface area contributed by atoms with Gasteiger partial charge in [0.15, 0.2) is 0 Å². The third-order valence-electron chi connectivity index (χ3n) is 8.30. The van der Waals surface area contributed by atoms with Gasteiger partial charge in [-0.15, -0.1) is 0 Å². The van der Waals surface area contributed by atoms with E-state index in [9.17, 15) is 36.6 Å². The van der Waals surface area contributed by atoms with Crippen molar-refractivity contribution in [1.29, 1.82) is 0 Å². The molecule has 41 heavy (non-hydrogen) atoms. The number of amides is 2. The number of likely N-dealkylation sites (tertiary alicyclic amines) is 1. The maximum atomic E-state index is 14.7. The van der Waals surface area contributed by atoms with Crippen LogP contribution in [0.4, 0.5) is 27.6 Å². The number of carbonyl (C=O) groups is 2. The van der Waals surface area contributed by atoms with Crippen LogP contribution in [-0.4, -0.2) is 79.1 Å². The molecular weight excluding hydrogens is 569 g/mol. The number of anilines is 1. The van der Waals surface area contributed by atoms with E-state index in [0.717, 1.165) is 48.7 Å². The molecule has 1 unspecified atom stereocenters. The van der Waals surface area contributed by atoms with Crippen molar-refractivity contribution in [3.8, 4) is 0 Å². The molecule has 2 aliphatic heterocycles. The summed E-state index contributed by atoms with van der Waals surface area (Å²) in [6, 6.07) is 10.9. The van der Waals surface area contributed by atoms with E-state index in [1.165, 1.54) is 23.1 Å². The molecule has 0 aromatic heterocycles. The maximum absolute atomic E-state index is 14.7. The van der Waals surface area contributed by atoms with Gasteiger partial charge < -0.3 is 19.8 Å². The molecule has 0 spiro atoms. The van der Waals surface area contributed by atoms with Crippen molar-refractivity contribution in [2.45, 2.75) is 43.4 Å². The third-order valence-corrected chi connectivity index (χ3v) is 8.61. The van der Waals surface area contributed by atoms with E-state index < -0.39 is 29.2 Å². The molecule has 2 fully saturated rings. The molecule has 0 bridgehead atoms. The molecule has 2 heterocycles. The minimum Gasteiger partial charge on any atom is -0.371 e. The van der Waals surface area contributed by atoms with Crippen molar-refractivity contribution in [2.24, 2.45) is 11.8 Å². The Hall–Kier alpha value is -2.92. The van der Waals surface area contributed by atoms with Crippen LogP contribution in [0.2, 0.25) is 5.02 Å². The van der Waals surface area contributed by atoms with Crippen LogP contribution in [-0.2, 0) is 10.4 Å². The van der Waals surface area contributed by atoms with E-state index in [1.807, 2.05) is 6.07 Å². The highest BCUT2D eigenvalue weighted by molar-refractivity contribution is 6.34. The minimum absolute atomic E-state index is 0.0240. The zero-order chi connectivity index (χ0) is 30.2. The van der Waals surface area contributed by atoms with Gasteiger partial charge in [0.05, 0.1) is 10.6 Å². The summed E-state index contributed by atoms with van der Waals surface area (Å²) in [7, 11) is 3.30. The van der Waals surface area contributed by atoms with Gasteiger partial charge >= 0.3 is 12.1 Å². The number of carbonyl (C=O) groups excluding carboxylic acids is 2. The second-order valence-corrected chi connectivity index (χ2v) is 11.4. The highest BCUT2D eigenvalue weighted by atomic mass is 35.5. The summed E-state index contributed by atoms with van der Waals surface area (Å²) < 4.78 is 69.6. The Kier molecular flexibility index (Phi) is 8.90. The number of alkyl halides is 5. The van der Waals surface area contributed by atoms with Crippen LogP contribution in [0.3, 0.4) is 0 Å². The molecule has 1 N–H and O–H groups in total. The lowest BCUT2D eigenvalue weighted by Crippen LogP contribution is -2.63. The number of aliphatic hydroxyl groups is 1. The molecule has 2 amide bonds. The molecule has 2 aromatic carbocycles. The summed E-state index contributed by atoms with van der Waals surface area (Å²) in [4.78, 5) is 30.0. The molecule has 12 heteroatoms. The van der Waals surface area contributed by atoms with Crippen molar-refractivity contribution < 1.29 is 36.6 Å². The fourth-order valence-electron chi connectivity index (χ4n) is 5.87. The van der Waals surface area contributed by atoms with Gasteiger partial charge in [-0.25, -0.2) is 0 Å². The van der Waals surface area contributed by atoms with Gasteiger partial charge in [0.1, 0.15) is 0 Å². The Balaban J connectivity index is 1.39. The number of rotatable bonds is 6. The fourth-order valence-corrected chi connectivity index (χ4v) is 6.13. The molecule has 0 saturated carbocycles. The van der Waals surface area contributed by atoms with E-state index in [-0.39, 0.29) is 30.8 Å². The van der Waals surface area contributed by atoms with Gasteiger partial charge in [0.25, 0.3) is 11.8 Å². The number of nitrogens with zero attached hydrogens (tertiary/aromatic N) is 3. The quantitative estimate of drug-likeness (QED) is 0.439. The average Bonchev–Trinajstić information content (AvgIpc) is 2.96. The molecule has 1 atom stereocenters. The smallest absolute Gasteiger partial charge is 0.371 e. The van der Waals surface area contributed by atoms with E-state index in [2.05, 4.69) is 4.90 Å².